The van der Waals surface area contributed by atoms with Crippen LogP contribution >= 0.6 is 11.6 Å². The zero-order chi connectivity index (χ0) is 24.8. The lowest BCUT2D eigenvalue weighted by molar-refractivity contribution is -0.277. The highest BCUT2D eigenvalue weighted by Crippen LogP contribution is 2.25. The van der Waals surface area contributed by atoms with Gasteiger partial charge in [-0.15, -0.1) is 0 Å². The number of hydrazone groups is 1. The molecule has 1 aliphatic heterocycles. The highest BCUT2D eigenvalue weighted by molar-refractivity contribution is 6.30. The van der Waals surface area contributed by atoms with Gasteiger partial charge in [-0.05, 0) is 67.4 Å². The van der Waals surface area contributed by atoms with Crippen molar-refractivity contribution in [1.29, 1.82) is 0 Å². The van der Waals surface area contributed by atoms with Gasteiger partial charge in [-0.25, -0.2) is 5.43 Å². The molecule has 10 nitrogen and oxygen atoms in total. The molecule has 2 aromatic rings. The highest BCUT2D eigenvalue weighted by atomic mass is 35.5. The lowest BCUT2D eigenvalue weighted by atomic mass is 9.99. The van der Waals surface area contributed by atoms with Gasteiger partial charge in [0.05, 0.1) is 12.8 Å². The van der Waals surface area contributed by atoms with Crippen LogP contribution in [0.4, 0.5) is 0 Å². The lowest BCUT2D eigenvalue weighted by Crippen LogP contribution is -2.60. The Morgan fingerprint density at radius 2 is 1.88 bits per heavy atom. The summed E-state index contributed by atoms with van der Waals surface area (Å²) in [7, 11) is 0. The topological polar surface area (TPSA) is 150 Å². The fraction of sp³-hybridized carbons (Fsp3) is 0.391. The predicted octanol–water partition coefficient (Wildman–Crippen LogP) is 0.745. The van der Waals surface area contributed by atoms with Gasteiger partial charge in [0.15, 0.2) is 6.10 Å². The summed E-state index contributed by atoms with van der Waals surface area (Å²) in [5.74, 6) is 0.421. The zero-order valence-corrected chi connectivity index (χ0v) is 19.3. The first-order valence-corrected chi connectivity index (χ1v) is 10.9. The number of amides is 1. The molecule has 0 radical (unpaired) electrons. The Bertz CT molecular complexity index is 1000. The van der Waals surface area contributed by atoms with Crippen LogP contribution in [0.3, 0.4) is 0 Å². The van der Waals surface area contributed by atoms with Crippen molar-refractivity contribution >= 4 is 23.7 Å². The summed E-state index contributed by atoms with van der Waals surface area (Å²) in [6.07, 6.45) is -6.19. The molecule has 34 heavy (non-hydrogen) atoms. The van der Waals surface area contributed by atoms with E-state index in [1.807, 2.05) is 6.92 Å². The minimum atomic E-state index is -1.53. The Hall–Kier alpha value is -2.73. The first kappa shape index (κ1) is 25.9. The Balaban J connectivity index is 1.52. The molecule has 1 amide bonds. The van der Waals surface area contributed by atoms with Crippen LogP contribution in [0.25, 0.3) is 0 Å². The molecule has 0 spiro atoms. The summed E-state index contributed by atoms with van der Waals surface area (Å²) in [4.78, 5) is 12.2. The average Bonchev–Trinajstić information content (AvgIpc) is 2.82. The van der Waals surface area contributed by atoms with E-state index in [9.17, 15) is 25.2 Å². The normalized spacial score (nSPS) is 25.7. The van der Waals surface area contributed by atoms with Crippen molar-refractivity contribution in [2.24, 2.45) is 5.10 Å². The number of aliphatic hydroxyl groups excluding tert-OH is 4. The maximum Gasteiger partial charge on any atom is 0.280 e. The van der Waals surface area contributed by atoms with E-state index in [2.05, 4.69) is 10.5 Å². The number of halogens is 1. The number of benzene rings is 2. The number of hydrogen-bond donors (Lipinski definition) is 5. The first-order chi connectivity index (χ1) is 16.2. The molecule has 11 heteroatoms. The Labute approximate surface area is 201 Å². The molecule has 184 valence electrons. The van der Waals surface area contributed by atoms with Gasteiger partial charge in [-0.3, -0.25) is 4.79 Å². The number of nitrogens with one attached hydrogen (secondary N) is 1. The van der Waals surface area contributed by atoms with Crippen LogP contribution in [0.2, 0.25) is 5.02 Å². The van der Waals surface area contributed by atoms with Crippen molar-refractivity contribution in [3.63, 3.8) is 0 Å². The van der Waals surface area contributed by atoms with Gasteiger partial charge in [-0.1, -0.05) is 11.6 Å². The fourth-order valence-corrected chi connectivity index (χ4v) is 3.41. The molecule has 1 aliphatic rings. The van der Waals surface area contributed by atoms with E-state index < -0.39 is 49.3 Å². The van der Waals surface area contributed by atoms with Gasteiger partial charge in [0.25, 0.3) is 5.91 Å². The van der Waals surface area contributed by atoms with E-state index in [-0.39, 0.29) is 0 Å². The fourth-order valence-electron chi connectivity index (χ4n) is 3.18. The monoisotopic (exact) mass is 494 g/mol. The van der Waals surface area contributed by atoms with Crippen LogP contribution in [0, 0.1) is 6.92 Å². The van der Waals surface area contributed by atoms with E-state index in [0.29, 0.717) is 22.1 Å². The smallest absolute Gasteiger partial charge is 0.280 e. The molecule has 3 rings (SSSR count). The van der Waals surface area contributed by atoms with Crippen LogP contribution in [0.1, 0.15) is 18.1 Å². The van der Waals surface area contributed by atoms with Crippen molar-refractivity contribution in [1.82, 2.24) is 5.43 Å². The number of carbonyl (C=O) groups excluding carboxylic acids is 1. The third-order valence-electron chi connectivity index (χ3n) is 5.18. The number of nitrogens with zero attached hydrogens (tertiary/aromatic N) is 1. The molecule has 1 fully saturated rings. The van der Waals surface area contributed by atoms with E-state index >= 15 is 0 Å². The maximum atomic E-state index is 12.2. The molecular weight excluding hydrogens is 468 g/mol. The van der Waals surface area contributed by atoms with E-state index in [1.165, 1.54) is 6.21 Å². The van der Waals surface area contributed by atoms with E-state index in [1.54, 1.807) is 49.4 Å². The van der Waals surface area contributed by atoms with Gasteiger partial charge in [0, 0.05) is 5.02 Å². The first-order valence-electron chi connectivity index (χ1n) is 10.5. The molecule has 2 aromatic carbocycles. The van der Waals surface area contributed by atoms with Crippen molar-refractivity contribution < 1.29 is 39.4 Å². The van der Waals surface area contributed by atoms with Crippen LogP contribution in [0.5, 0.6) is 11.5 Å². The number of ether oxygens (including phenoxy) is 3. The molecule has 1 heterocycles. The summed E-state index contributed by atoms with van der Waals surface area (Å²) in [6.45, 7) is 2.88. The summed E-state index contributed by atoms with van der Waals surface area (Å²) in [5, 5.41) is 43.5. The SMILES string of the molecule is Cc1cc(Cl)ccc1OC(C)C(=O)NN=Cc1ccc(O[C@@H]2O[C@H](CO)[C@@H](O)[C@H](O)[C@H]2O)cc1. The van der Waals surface area contributed by atoms with Gasteiger partial charge in [-0.2, -0.15) is 5.10 Å². The number of hydrogen-bond acceptors (Lipinski definition) is 9. The highest BCUT2D eigenvalue weighted by Gasteiger charge is 2.44. The third-order valence-corrected chi connectivity index (χ3v) is 5.41. The standard InChI is InChI=1S/C23H27ClN2O8/c1-12-9-15(24)5-8-17(12)32-13(2)22(31)26-25-10-14-3-6-16(7-4-14)33-23-21(30)20(29)19(28)18(11-27)34-23/h3-10,13,18-21,23,27-30H,11H2,1-2H3,(H,26,31)/t13?,18-,19-,20+,21-,23-/m1/s1. The molecule has 0 bridgehead atoms. The maximum absolute atomic E-state index is 12.2. The Kier molecular flexibility index (Phi) is 8.84. The van der Waals surface area contributed by atoms with Gasteiger partial charge < -0.3 is 34.6 Å². The third kappa shape index (κ3) is 6.44. The molecular formula is C23H27ClN2O8. The number of aryl methyl sites for hydroxylation is 1. The van der Waals surface area contributed by atoms with Crippen molar-refractivity contribution in [3.05, 3.63) is 58.6 Å². The van der Waals surface area contributed by atoms with E-state index in [4.69, 9.17) is 25.8 Å². The second-order valence-corrected chi connectivity index (χ2v) is 8.22. The number of carbonyl (C=O) groups is 1. The molecule has 1 unspecified atom stereocenters. The minimum Gasteiger partial charge on any atom is -0.481 e. The summed E-state index contributed by atoms with van der Waals surface area (Å²) >= 11 is 5.92. The summed E-state index contributed by atoms with van der Waals surface area (Å²) in [5.41, 5.74) is 3.86. The van der Waals surface area contributed by atoms with Crippen molar-refractivity contribution in [3.8, 4) is 11.5 Å². The van der Waals surface area contributed by atoms with Crippen LogP contribution in [-0.4, -0.2) is 76.0 Å². The molecule has 5 N–H and O–H groups in total. The number of rotatable bonds is 8. The predicted molar refractivity (Wildman–Crippen MR) is 123 cm³/mol. The minimum absolute atomic E-state index is 0.311. The van der Waals surface area contributed by atoms with Gasteiger partial charge >= 0.3 is 0 Å². The van der Waals surface area contributed by atoms with Crippen LogP contribution in [-0.2, 0) is 9.53 Å². The number of aliphatic hydroxyl groups is 4. The van der Waals surface area contributed by atoms with Crippen molar-refractivity contribution in [2.75, 3.05) is 6.61 Å². The molecule has 0 saturated carbocycles. The second kappa shape index (κ2) is 11.6. The quantitative estimate of drug-likeness (QED) is 0.266. The van der Waals surface area contributed by atoms with E-state index in [0.717, 1.165) is 5.56 Å². The Morgan fingerprint density at radius 1 is 1.18 bits per heavy atom. The van der Waals surface area contributed by atoms with Gasteiger partial charge in [0.1, 0.15) is 35.9 Å². The van der Waals surface area contributed by atoms with Crippen molar-refractivity contribution in [2.45, 2.75) is 50.7 Å². The largest absolute Gasteiger partial charge is 0.481 e. The Morgan fingerprint density at radius 3 is 2.53 bits per heavy atom. The van der Waals surface area contributed by atoms with Gasteiger partial charge in [0.2, 0.25) is 6.29 Å². The molecule has 0 aliphatic carbocycles. The lowest BCUT2D eigenvalue weighted by Gasteiger charge is -2.39. The zero-order valence-electron chi connectivity index (χ0n) is 18.5. The second-order valence-electron chi connectivity index (χ2n) is 7.79. The average molecular weight is 495 g/mol. The molecule has 0 aromatic heterocycles. The van der Waals surface area contributed by atoms with Crippen LogP contribution in [0.15, 0.2) is 47.6 Å². The van der Waals surface area contributed by atoms with Crippen LogP contribution < -0.4 is 14.9 Å². The molecule has 1 saturated heterocycles. The molecule has 6 atom stereocenters. The summed E-state index contributed by atoms with van der Waals surface area (Å²) < 4.78 is 16.5. The summed E-state index contributed by atoms with van der Waals surface area (Å²) in [6, 6.07) is 11.5.